The van der Waals surface area contributed by atoms with Gasteiger partial charge in [0.1, 0.15) is 12.4 Å². The maximum Gasteiger partial charge on any atom is 0.120 e. The molecule has 2 aromatic rings. The first-order valence-corrected chi connectivity index (χ1v) is 8.03. The number of hydrogen-bond acceptors (Lipinski definition) is 4. The van der Waals surface area contributed by atoms with Crippen molar-refractivity contribution in [2.24, 2.45) is 0 Å². The fourth-order valence-electron chi connectivity index (χ4n) is 1.88. The smallest absolute Gasteiger partial charge is 0.120 e. The van der Waals surface area contributed by atoms with Crippen LogP contribution in [0.3, 0.4) is 0 Å². The van der Waals surface area contributed by atoms with Crippen molar-refractivity contribution in [2.45, 2.75) is 25.8 Å². The summed E-state index contributed by atoms with van der Waals surface area (Å²) < 4.78 is 5.83. The second-order valence-electron chi connectivity index (χ2n) is 4.59. The molecule has 0 radical (unpaired) electrons. The third-order valence-corrected chi connectivity index (χ3v) is 3.90. The van der Waals surface area contributed by atoms with E-state index in [0.717, 1.165) is 25.1 Å². The number of nitrogens with zero attached hydrogens (tertiary/aromatic N) is 1. The van der Waals surface area contributed by atoms with E-state index in [-0.39, 0.29) is 6.04 Å². The molecule has 1 unspecified atom stereocenters. The highest BCUT2D eigenvalue weighted by Crippen LogP contribution is 2.18. The molecule has 0 aliphatic carbocycles. The van der Waals surface area contributed by atoms with E-state index < -0.39 is 0 Å². The summed E-state index contributed by atoms with van der Waals surface area (Å²) in [5.41, 5.74) is 1.87. The number of halogens is 1. The van der Waals surface area contributed by atoms with Crippen LogP contribution in [0.1, 0.15) is 18.2 Å². The van der Waals surface area contributed by atoms with Gasteiger partial charge in [-0.15, -0.1) is 11.3 Å². The largest absolute Gasteiger partial charge is 0.492 e. The summed E-state index contributed by atoms with van der Waals surface area (Å²) in [5.74, 6) is 0.810. The molecule has 108 valence electrons. The zero-order chi connectivity index (χ0) is 14.2. The predicted molar refractivity (Wildman–Crippen MR) is 84.8 cm³/mol. The molecule has 0 aliphatic heterocycles. The van der Waals surface area contributed by atoms with Gasteiger partial charge < -0.3 is 10.1 Å². The third kappa shape index (κ3) is 5.12. The number of hydrogen-bond donors (Lipinski definition) is 1. The quantitative estimate of drug-likeness (QED) is 0.805. The molecule has 1 heterocycles. The van der Waals surface area contributed by atoms with Gasteiger partial charge in [0.05, 0.1) is 5.51 Å². The van der Waals surface area contributed by atoms with Crippen molar-refractivity contribution in [1.82, 2.24) is 10.3 Å². The van der Waals surface area contributed by atoms with Crippen LogP contribution in [-0.2, 0) is 6.42 Å². The Morgan fingerprint density at radius 1 is 1.45 bits per heavy atom. The van der Waals surface area contributed by atoms with Crippen molar-refractivity contribution in [2.75, 3.05) is 13.2 Å². The molecule has 0 fully saturated rings. The van der Waals surface area contributed by atoms with Gasteiger partial charge in [0.15, 0.2) is 0 Å². The molecule has 2 rings (SSSR count). The zero-order valence-corrected chi connectivity index (χ0v) is 13.1. The van der Waals surface area contributed by atoms with Crippen molar-refractivity contribution in [1.29, 1.82) is 0 Å². The minimum Gasteiger partial charge on any atom is -0.492 e. The number of benzene rings is 1. The summed E-state index contributed by atoms with van der Waals surface area (Å²) >= 11 is 7.64. The van der Waals surface area contributed by atoms with Crippen LogP contribution in [0.4, 0.5) is 0 Å². The zero-order valence-electron chi connectivity index (χ0n) is 11.5. The first kappa shape index (κ1) is 15.3. The van der Waals surface area contributed by atoms with E-state index >= 15 is 0 Å². The van der Waals surface area contributed by atoms with Gasteiger partial charge in [-0.05, 0) is 31.2 Å². The van der Waals surface area contributed by atoms with Gasteiger partial charge in [0.2, 0.25) is 0 Å². The van der Waals surface area contributed by atoms with Crippen molar-refractivity contribution in [3.8, 4) is 5.75 Å². The van der Waals surface area contributed by atoms with E-state index in [2.05, 4.69) is 17.2 Å². The van der Waals surface area contributed by atoms with Crippen molar-refractivity contribution in [3.63, 3.8) is 0 Å². The van der Waals surface area contributed by atoms with Crippen LogP contribution in [-0.4, -0.2) is 24.2 Å². The average molecular weight is 311 g/mol. The third-order valence-electron chi connectivity index (χ3n) is 2.86. The highest BCUT2D eigenvalue weighted by atomic mass is 35.5. The molecule has 3 nitrogen and oxygen atoms in total. The van der Waals surface area contributed by atoms with Crippen molar-refractivity contribution < 1.29 is 4.74 Å². The summed E-state index contributed by atoms with van der Waals surface area (Å²) in [4.78, 5) is 5.39. The normalized spacial score (nSPS) is 12.3. The number of thiazole rings is 1. The van der Waals surface area contributed by atoms with E-state index in [1.165, 1.54) is 4.88 Å². The van der Waals surface area contributed by atoms with Gasteiger partial charge in [-0.1, -0.05) is 24.6 Å². The molecule has 1 N–H and O–H groups in total. The Hall–Kier alpha value is -1.10. The Labute approximate surface area is 129 Å². The van der Waals surface area contributed by atoms with Crippen LogP contribution in [0.25, 0.3) is 0 Å². The Balaban J connectivity index is 1.89. The fraction of sp³-hybridized carbons (Fsp3) is 0.400. The van der Waals surface area contributed by atoms with Gasteiger partial charge in [-0.3, -0.25) is 4.98 Å². The van der Waals surface area contributed by atoms with Crippen LogP contribution in [0, 0.1) is 0 Å². The molecular weight excluding hydrogens is 292 g/mol. The van der Waals surface area contributed by atoms with Gasteiger partial charge in [-0.25, -0.2) is 0 Å². The van der Waals surface area contributed by atoms with Gasteiger partial charge in [0.25, 0.3) is 0 Å². The lowest BCUT2D eigenvalue weighted by Gasteiger charge is -2.18. The molecule has 0 saturated carbocycles. The number of nitrogens with one attached hydrogen (secondary N) is 1. The lowest BCUT2D eigenvalue weighted by atomic mass is 10.2. The predicted octanol–water partition coefficient (Wildman–Crippen LogP) is 3.79. The Bertz CT molecular complexity index is 504. The first-order chi connectivity index (χ1) is 9.78. The van der Waals surface area contributed by atoms with Gasteiger partial charge in [-0.2, -0.15) is 0 Å². The Morgan fingerprint density at radius 2 is 2.35 bits per heavy atom. The fourth-order valence-corrected chi connectivity index (χ4v) is 2.73. The second-order valence-corrected chi connectivity index (χ2v) is 6.00. The Kier molecular flexibility index (Phi) is 6.30. The highest BCUT2D eigenvalue weighted by Gasteiger charge is 2.11. The minimum atomic E-state index is 0.286. The molecule has 0 saturated heterocycles. The number of ether oxygens (including phenoxy) is 1. The van der Waals surface area contributed by atoms with E-state index in [4.69, 9.17) is 16.3 Å². The van der Waals surface area contributed by atoms with Crippen LogP contribution in [0.2, 0.25) is 5.02 Å². The maximum atomic E-state index is 5.96. The summed E-state index contributed by atoms with van der Waals surface area (Å²) in [5, 5.41) is 4.21. The molecule has 1 aromatic carbocycles. The number of rotatable bonds is 8. The molecular formula is C15H19ClN2OS. The van der Waals surface area contributed by atoms with E-state index in [9.17, 15) is 0 Å². The van der Waals surface area contributed by atoms with Crippen LogP contribution in [0.15, 0.2) is 36.0 Å². The first-order valence-electron chi connectivity index (χ1n) is 6.77. The average Bonchev–Trinajstić information content (AvgIpc) is 2.95. The topological polar surface area (TPSA) is 34.1 Å². The van der Waals surface area contributed by atoms with Crippen LogP contribution in [0.5, 0.6) is 5.75 Å². The van der Waals surface area contributed by atoms with Crippen molar-refractivity contribution in [3.05, 3.63) is 45.9 Å². The second kappa shape index (κ2) is 8.25. The molecule has 20 heavy (non-hydrogen) atoms. The van der Waals surface area contributed by atoms with E-state index in [1.807, 2.05) is 36.0 Å². The lowest BCUT2D eigenvalue weighted by Crippen LogP contribution is -2.36. The lowest BCUT2D eigenvalue weighted by molar-refractivity contribution is 0.263. The molecule has 0 aliphatic rings. The van der Waals surface area contributed by atoms with Gasteiger partial charge >= 0.3 is 0 Å². The SMILES string of the molecule is CCCNC(COc1cccc(Cl)c1)Cc1cncs1. The van der Waals surface area contributed by atoms with Crippen molar-refractivity contribution >= 4 is 22.9 Å². The molecule has 0 spiro atoms. The summed E-state index contributed by atoms with van der Waals surface area (Å²) in [6, 6.07) is 7.79. The standard InChI is InChI=1S/C15H19ClN2OS/c1-2-6-18-13(8-15-9-17-11-20-15)10-19-14-5-3-4-12(16)7-14/h3-5,7,9,11,13,18H,2,6,8,10H2,1H3. The minimum absolute atomic E-state index is 0.286. The van der Waals surface area contributed by atoms with Crippen LogP contribution < -0.4 is 10.1 Å². The molecule has 0 amide bonds. The van der Waals surface area contributed by atoms with Crippen LogP contribution >= 0.6 is 22.9 Å². The summed E-state index contributed by atoms with van der Waals surface area (Å²) in [6.07, 6.45) is 3.96. The molecule has 5 heteroatoms. The molecule has 1 atom stereocenters. The van der Waals surface area contributed by atoms with E-state index in [0.29, 0.717) is 11.6 Å². The van der Waals surface area contributed by atoms with E-state index in [1.54, 1.807) is 11.3 Å². The molecule has 0 bridgehead atoms. The highest BCUT2D eigenvalue weighted by molar-refractivity contribution is 7.09. The maximum absolute atomic E-state index is 5.96. The molecule has 1 aromatic heterocycles. The monoisotopic (exact) mass is 310 g/mol. The number of aromatic nitrogens is 1. The summed E-state index contributed by atoms with van der Waals surface area (Å²) in [7, 11) is 0. The summed E-state index contributed by atoms with van der Waals surface area (Å²) in [6.45, 7) is 3.77. The van der Waals surface area contributed by atoms with Gasteiger partial charge in [0, 0.05) is 28.6 Å². The Morgan fingerprint density at radius 3 is 3.05 bits per heavy atom.